The molecule has 0 saturated carbocycles. The second-order valence-corrected chi connectivity index (χ2v) is 12.2. The molecule has 0 N–H and O–H groups in total. The van der Waals surface area contributed by atoms with Crippen LogP contribution in [0.2, 0.25) is 0 Å². The van der Waals surface area contributed by atoms with E-state index in [1.165, 1.54) is 54.6 Å². The van der Waals surface area contributed by atoms with Crippen molar-refractivity contribution in [2.75, 3.05) is 0 Å². The molecule has 0 spiro atoms. The van der Waals surface area contributed by atoms with Gasteiger partial charge in [-0.15, -0.1) is 10.2 Å². The summed E-state index contributed by atoms with van der Waals surface area (Å²) in [5.41, 5.74) is 6.74. The van der Waals surface area contributed by atoms with Gasteiger partial charge in [0.05, 0.1) is 5.56 Å². The van der Waals surface area contributed by atoms with E-state index in [2.05, 4.69) is 138 Å². The van der Waals surface area contributed by atoms with Crippen molar-refractivity contribution in [3.63, 3.8) is 0 Å². The van der Waals surface area contributed by atoms with Crippen molar-refractivity contribution in [1.29, 1.82) is 0 Å². The zero-order chi connectivity index (χ0) is 30.9. The summed E-state index contributed by atoms with van der Waals surface area (Å²) in [6.07, 6.45) is 0. The molecule has 3 nitrogen and oxygen atoms in total. The van der Waals surface area contributed by atoms with Gasteiger partial charge in [-0.1, -0.05) is 121 Å². The predicted molar refractivity (Wildman–Crippen MR) is 195 cm³/mol. The quantitative estimate of drug-likeness (QED) is 0.149. The SMILES string of the molecule is c1ccc(-c2cc3ccc4cc(-c5c6ccccc6c(-c6nnc(-c7ccccc7)o6)c6ccccc56)cc5ccc(c2)c3c45)cc1. The van der Waals surface area contributed by atoms with Gasteiger partial charge < -0.3 is 4.42 Å². The van der Waals surface area contributed by atoms with Crippen LogP contribution in [0.5, 0.6) is 0 Å². The molecule has 47 heavy (non-hydrogen) atoms. The van der Waals surface area contributed by atoms with E-state index in [4.69, 9.17) is 4.42 Å². The van der Waals surface area contributed by atoms with Crippen LogP contribution in [-0.2, 0) is 0 Å². The molecule has 1 aromatic heterocycles. The molecule has 10 rings (SSSR count). The van der Waals surface area contributed by atoms with E-state index in [9.17, 15) is 0 Å². The minimum Gasteiger partial charge on any atom is -0.416 e. The van der Waals surface area contributed by atoms with Crippen LogP contribution in [-0.4, -0.2) is 10.2 Å². The van der Waals surface area contributed by atoms with Crippen LogP contribution in [0.15, 0.2) is 162 Å². The maximum Gasteiger partial charge on any atom is 0.249 e. The van der Waals surface area contributed by atoms with E-state index in [1.54, 1.807) is 0 Å². The molecule has 0 aliphatic heterocycles. The highest BCUT2D eigenvalue weighted by Crippen LogP contribution is 2.46. The second kappa shape index (κ2) is 10.1. The number of nitrogens with zero attached hydrogens (tertiary/aromatic N) is 2. The molecule has 1 heterocycles. The van der Waals surface area contributed by atoms with Crippen molar-refractivity contribution in [1.82, 2.24) is 10.2 Å². The third-order valence-corrected chi connectivity index (χ3v) is 9.52. The zero-order valence-corrected chi connectivity index (χ0v) is 25.3. The fourth-order valence-electron chi connectivity index (χ4n) is 7.47. The van der Waals surface area contributed by atoms with E-state index in [0.29, 0.717) is 11.8 Å². The fourth-order valence-corrected chi connectivity index (χ4v) is 7.47. The molecule has 0 fully saturated rings. The Labute approximate surface area is 270 Å². The Morgan fingerprint density at radius 3 is 1.23 bits per heavy atom. The van der Waals surface area contributed by atoms with Gasteiger partial charge in [-0.2, -0.15) is 0 Å². The first-order valence-electron chi connectivity index (χ1n) is 15.9. The van der Waals surface area contributed by atoms with Crippen molar-refractivity contribution < 1.29 is 4.42 Å². The topological polar surface area (TPSA) is 38.9 Å². The lowest BCUT2D eigenvalue weighted by molar-refractivity contribution is 0.586. The van der Waals surface area contributed by atoms with Gasteiger partial charge in [0.15, 0.2) is 0 Å². The average Bonchev–Trinajstić information content (AvgIpc) is 3.63. The van der Waals surface area contributed by atoms with Gasteiger partial charge >= 0.3 is 0 Å². The van der Waals surface area contributed by atoms with Crippen molar-refractivity contribution in [2.24, 2.45) is 0 Å². The van der Waals surface area contributed by atoms with Crippen LogP contribution in [0.4, 0.5) is 0 Å². The molecular weight excluding hydrogens is 572 g/mol. The highest BCUT2D eigenvalue weighted by atomic mass is 16.4. The number of aromatic nitrogens is 2. The molecule has 0 amide bonds. The van der Waals surface area contributed by atoms with E-state index < -0.39 is 0 Å². The summed E-state index contributed by atoms with van der Waals surface area (Å²) in [6.45, 7) is 0. The molecular formula is C44H26N2O. The Bertz CT molecular complexity index is 2660. The molecule has 218 valence electrons. The molecule has 0 aliphatic rings. The second-order valence-electron chi connectivity index (χ2n) is 12.2. The summed E-state index contributed by atoms with van der Waals surface area (Å²) in [4.78, 5) is 0. The highest BCUT2D eigenvalue weighted by molar-refractivity contribution is 6.26. The molecule has 0 unspecified atom stereocenters. The van der Waals surface area contributed by atoms with Gasteiger partial charge in [-0.3, -0.25) is 0 Å². The van der Waals surface area contributed by atoms with Gasteiger partial charge in [0, 0.05) is 5.56 Å². The minimum atomic E-state index is 0.515. The maximum atomic E-state index is 6.36. The van der Waals surface area contributed by atoms with Gasteiger partial charge in [0.1, 0.15) is 0 Å². The average molecular weight is 599 g/mol. The lowest BCUT2D eigenvalue weighted by Gasteiger charge is -2.18. The van der Waals surface area contributed by atoms with Crippen LogP contribution >= 0.6 is 0 Å². The molecule has 0 saturated heterocycles. The fraction of sp³-hybridized carbons (Fsp3) is 0. The van der Waals surface area contributed by atoms with Crippen LogP contribution in [0.25, 0.3) is 99.0 Å². The van der Waals surface area contributed by atoms with E-state index in [-0.39, 0.29) is 0 Å². The Kier molecular flexibility index (Phi) is 5.57. The van der Waals surface area contributed by atoms with Gasteiger partial charge in [-0.25, -0.2) is 0 Å². The molecule has 0 aliphatic carbocycles. The molecule has 0 bridgehead atoms. The molecule has 9 aromatic carbocycles. The Morgan fingerprint density at radius 1 is 0.319 bits per heavy atom. The van der Waals surface area contributed by atoms with E-state index in [0.717, 1.165) is 32.7 Å². The summed E-state index contributed by atoms with van der Waals surface area (Å²) >= 11 is 0. The summed E-state index contributed by atoms with van der Waals surface area (Å²) < 4.78 is 6.36. The minimum absolute atomic E-state index is 0.515. The Balaban J connectivity index is 1.21. The lowest BCUT2D eigenvalue weighted by atomic mass is 9.85. The van der Waals surface area contributed by atoms with Crippen molar-refractivity contribution in [3.8, 4) is 45.2 Å². The first-order valence-corrected chi connectivity index (χ1v) is 15.9. The van der Waals surface area contributed by atoms with Gasteiger partial charge in [0.2, 0.25) is 11.8 Å². The van der Waals surface area contributed by atoms with E-state index in [1.807, 2.05) is 30.3 Å². The van der Waals surface area contributed by atoms with Crippen LogP contribution in [0.3, 0.4) is 0 Å². The lowest BCUT2D eigenvalue weighted by Crippen LogP contribution is -1.92. The number of rotatable bonds is 4. The predicted octanol–water partition coefficient (Wildman–Crippen LogP) is 11.9. The number of fused-ring (bicyclic) bond motifs is 2. The van der Waals surface area contributed by atoms with Crippen molar-refractivity contribution in [2.45, 2.75) is 0 Å². The molecule has 0 radical (unpaired) electrons. The smallest absolute Gasteiger partial charge is 0.249 e. The first kappa shape index (κ1) is 26.0. The van der Waals surface area contributed by atoms with Crippen LogP contribution in [0, 0.1) is 0 Å². The van der Waals surface area contributed by atoms with Crippen molar-refractivity contribution >= 4 is 53.9 Å². The number of hydrogen-bond donors (Lipinski definition) is 0. The number of benzene rings is 9. The third kappa shape index (κ3) is 4.00. The number of hydrogen-bond acceptors (Lipinski definition) is 3. The standard InChI is InChI=1S/C44H26N2O/c1-3-11-27(12-4-1)33-23-29-19-21-31-25-34(26-32-22-20-30(24-33)39(29)40(31)32)41-35-15-7-9-17-37(35)42(38-18-10-8-16-36(38)41)44-46-45-43(47-44)28-13-5-2-6-14-28/h1-26H. The van der Waals surface area contributed by atoms with Crippen LogP contribution in [0.1, 0.15) is 0 Å². The monoisotopic (exact) mass is 598 g/mol. The zero-order valence-electron chi connectivity index (χ0n) is 25.3. The van der Waals surface area contributed by atoms with Crippen molar-refractivity contribution in [3.05, 3.63) is 158 Å². The highest BCUT2D eigenvalue weighted by Gasteiger charge is 2.21. The Morgan fingerprint density at radius 2 is 0.723 bits per heavy atom. The Hall–Kier alpha value is -6.32. The summed E-state index contributed by atoms with van der Waals surface area (Å²) in [5.74, 6) is 1.04. The summed E-state index contributed by atoms with van der Waals surface area (Å²) in [5, 5.41) is 21.1. The maximum absolute atomic E-state index is 6.36. The third-order valence-electron chi connectivity index (χ3n) is 9.52. The normalized spacial score (nSPS) is 11.8. The largest absolute Gasteiger partial charge is 0.416 e. The van der Waals surface area contributed by atoms with Gasteiger partial charge in [-0.05, 0) is 113 Å². The van der Waals surface area contributed by atoms with Gasteiger partial charge in [0.25, 0.3) is 0 Å². The van der Waals surface area contributed by atoms with Crippen LogP contribution < -0.4 is 0 Å². The molecule has 0 atom stereocenters. The summed E-state index contributed by atoms with van der Waals surface area (Å²) in [6, 6.07) is 56.2. The molecule has 3 heteroatoms. The summed E-state index contributed by atoms with van der Waals surface area (Å²) in [7, 11) is 0. The molecule has 10 aromatic rings. The van der Waals surface area contributed by atoms with E-state index >= 15 is 0 Å². The first-order chi connectivity index (χ1) is 23.3.